The lowest BCUT2D eigenvalue weighted by molar-refractivity contribution is -0.137. The molecule has 3 rings (SSSR count). The molecular weight excluding hydrogens is 318 g/mol. The zero-order valence-electron chi connectivity index (χ0n) is 11.9. The molecule has 5 heteroatoms. The molecule has 2 aromatic carbocycles. The quantitative estimate of drug-likeness (QED) is 0.744. The van der Waals surface area contributed by atoms with E-state index in [-0.39, 0.29) is 6.54 Å². The van der Waals surface area contributed by atoms with Crippen molar-refractivity contribution in [1.82, 2.24) is 4.57 Å². The summed E-state index contributed by atoms with van der Waals surface area (Å²) in [5.74, 6) is -0.841. The zero-order chi connectivity index (χ0) is 15.7. The van der Waals surface area contributed by atoms with E-state index in [1.165, 1.54) is 0 Å². The van der Waals surface area contributed by atoms with Crippen LogP contribution in [-0.2, 0) is 11.3 Å². The van der Waals surface area contributed by atoms with E-state index in [4.69, 9.17) is 16.7 Å². The number of hydrogen-bond donors (Lipinski definition) is 1. The average Bonchev–Trinajstić information content (AvgIpc) is 2.75. The Morgan fingerprint density at radius 3 is 2.55 bits per heavy atom. The van der Waals surface area contributed by atoms with Crippen LogP contribution in [0.25, 0.3) is 10.9 Å². The van der Waals surface area contributed by atoms with Gasteiger partial charge in [-0.1, -0.05) is 41.6 Å². The first-order valence-corrected chi connectivity index (χ1v) is 7.99. The highest BCUT2D eigenvalue weighted by molar-refractivity contribution is 7.99. The number of fused-ring (bicyclic) bond motifs is 1. The first-order valence-electron chi connectivity index (χ1n) is 6.79. The number of halogens is 1. The van der Waals surface area contributed by atoms with Crippen molar-refractivity contribution in [2.45, 2.75) is 23.3 Å². The van der Waals surface area contributed by atoms with Gasteiger partial charge in [0, 0.05) is 31.4 Å². The number of para-hydroxylation sites is 1. The van der Waals surface area contributed by atoms with E-state index in [9.17, 15) is 4.79 Å². The van der Waals surface area contributed by atoms with Gasteiger partial charge in [0.15, 0.2) is 0 Å². The molecule has 0 fully saturated rings. The first-order chi connectivity index (χ1) is 10.6. The molecule has 112 valence electrons. The summed E-state index contributed by atoms with van der Waals surface area (Å²) in [7, 11) is 0. The van der Waals surface area contributed by atoms with Crippen LogP contribution in [0.2, 0.25) is 5.02 Å². The largest absolute Gasteiger partial charge is 0.480 e. The topological polar surface area (TPSA) is 42.2 Å². The number of benzene rings is 2. The molecule has 0 amide bonds. The average molecular weight is 332 g/mol. The van der Waals surface area contributed by atoms with Crippen molar-refractivity contribution in [3.8, 4) is 0 Å². The summed E-state index contributed by atoms with van der Waals surface area (Å²) in [6, 6.07) is 15.5. The van der Waals surface area contributed by atoms with E-state index in [0.717, 1.165) is 26.4 Å². The van der Waals surface area contributed by atoms with Crippen molar-refractivity contribution in [3.63, 3.8) is 0 Å². The highest BCUT2D eigenvalue weighted by atomic mass is 35.5. The number of aromatic nitrogens is 1. The first kappa shape index (κ1) is 15.0. The van der Waals surface area contributed by atoms with Gasteiger partial charge in [0.05, 0.1) is 0 Å². The summed E-state index contributed by atoms with van der Waals surface area (Å²) in [5.41, 5.74) is 1.91. The predicted molar refractivity (Wildman–Crippen MR) is 89.9 cm³/mol. The number of carboxylic acid groups (broad SMARTS) is 1. The molecule has 0 saturated heterocycles. The van der Waals surface area contributed by atoms with Crippen molar-refractivity contribution < 1.29 is 9.90 Å². The molecule has 0 unspecified atom stereocenters. The number of rotatable bonds is 4. The van der Waals surface area contributed by atoms with Crippen molar-refractivity contribution in [2.75, 3.05) is 0 Å². The van der Waals surface area contributed by atoms with Crippen LogP contribution in [0.1, 0.15) is 5.69 Å². The Morgan fingerprint density at radius 1 is 1.18 bits per heavy atom. The normalized spacial score (nSPS) is 11.0. The number of aliphatic carboxylic acids is 1. The van der Waals surface area contributed by atoms with Gasteiger partial charge in [0.25, 0.3) is 0 Å². The second kappa shape index (κ2) is 6.07. The van der Waals surface area contributed by atoms with Gasteiger partial charge < -0.3 is 9.67 Å². The van der Waals surface area contributed by atoms with Gasteiger partial charge in [0.2, 0.25) is 0 Å². The van der Waals surface area contributed by atoms with Crippen LogP contribution in [0.5, 0.6) is 0 Å². The molecule has 0 spiro atoms. The Kier molecular flexibility index (Phi) is 4.14. The zero-order valence-corrected chi connectivity index (χ0v) is 13.5. The maximum absolute atomic E-state index is 11.1. The van der Waals surface area contributed by atoms with Gasteiger partial charge in [-0.3, -0.25) is 4.79 Å². The molecule has 3 aromatic rings. The molecule has 3 nitrogen and oxygen atoms in total. The minimum Gasteiger partial charge on any atom is -0.480 e. The SMILES string of the molecule is Cc1c(Sc2ccc(Cl)cc2)c2ccccc2n1CC(=O)O. The lowest BCUT2D eigenvalue weighted by Gasteiger charge is -2.05. The molecule has 1 aromatic heterocycles. The molecule has 0 radical (unpaired) electrons. The summed E-state index contributed by atoms with van der Waals surface area (Å²) in [5, 5.41) is 10.9. The van der Waals surface area contributed by atoms with Gasteiger partial charge in [0.1, 0.15) is 6.54 Å². The van der Waals surface area contributed by atoms with Gasteiger partial charge in [-0.05, 0) is 37.3 Å². The third-order valence-corrected chi connectivity index (χ3v) is 4.98. The molecule has 1 heterocycles. The summed E-state index contributed by atoms with van der Waals surface area (Å²) in [6.45, 7) is 1.93. The lowest BCUT2D eigenvalue weighted by atomic mass is 10.2. The predicted octanol–water partition coefficient (Wildman–Crippen LogP) is 4.84. The maximum atomic E-state index is 11.1. The molecule has 1 N–H and O–H groups in total. The summed E-state index contributed by atoms with van der Waals surface area (Å²) < 4.78 is 1.84. The Balaban J connectivity index is 2.10. The molecule has 0 atom stereocenters. The van der Waals surface area contributed by atoms with Gasteiger partial charge in [-0.25, -0.2) is 0 Å². The van der Waals surface area contributed by atoms with Gasteiger partial charge >= 0.3 is 5.97 Å². The Labute approximate surface area is 137 Å². The molecule has 0 saturated carbocycles. The minimum atomic E-state index is -0.841. The Bertz CT molecular complexity index is 840. The third-order valence-electron chi connectivity index (χ3n) is 3.50. The van der Waals surface area contributed by atoms with E-state index in [1.807, 2.05) is 60.0 Å². The Morgan fingerprint density at radius 2 is 1.86 bits per heavy atom. The third kappa shape index (κ3) is 2.85. The van der Waals surface area contributed by atoms with Crippen molar-refractivity contribution >= 4 is 40.2 Å². The smallest absolute Gasteiger partial charge is 0.323 e. The molecule has 0 bridgehead atoms. The van der Waals surface area contributed by atoms with Crippen molar-refractivity contribution in [3.05, 3.63) is 59.2 Å². The van der Waals surface area contributed by atoms with E-state index < -0.39 is 5.97 Å². The van der Waals surface area contributed by atoms with Crippen molar-refractivity contribution in [2.24, 2.45) is 0 Å². The van der Waals surface area contributed by atoms with Crippen LogP contribution in [0.3, 0.4) is 0 Å². The van der Waals surface area contributed by atoms with Crippen LogP contribution in [0.4, 0.5) is 0 Å². The summed E-state index contributed by atoms with van der Waals surface area (Å²) in [6.07, 6.45) is 0. The highest BCUT2D eigenvalue weighted by Gasteiger charge is 2.16. The standard InChI is InChI=1S/C17H14ClNO2S/c1-11-17(22-13-8-6-12(18)7-9-13)14-4-2-3-5-15(14)19(11)10-16(20)21/h2-9H,10H2,1H3,(H,20,21). The number of carboxylic acids is 1. The van der Waals surface area contributed by atoms with E-state index in [1.54, 1.807) is 11.8 Å². The van der Waals surface area contributed by atoms with Crippen LogP contribution in [0.15, 0.2) is 58.3 Å². The fourth-order valence-electron chi connectivity index (χ4n) is 2.49. The van der Waals surface area contributed by atoms with Crippen LogP contribution >= 0.6 is 23.4 Å². The number of hydrogen-bond acceptors (Lipinski definition) is 2. The molecule has 0 aliphatic rings. The number of carbonyl (C=O) groups is 1. The van der Waals surface area contributed by atoms with Gasteiger partial charge in [-0.2, -0.15) is 0 Å². The van der Waals surface area contributed by atoms with E-state index >= 15 is 0 Å². The van der Waals surface area contributed by atoms with E-state index in [0.29, 0.717) is 5.02 Å². The van der Waals surface area contributed by atoms with E-state index in [2.05, 4.69) is 0 Å². The minimum absolute atomic E-state index is 0.0342. The van der Waals surface area contributed by atoms with Crippen LogP contribution in [0, 0.1) is 6.92 Å². The molecular formula is C17H14ClNO2S. The Hall–Kier alpha value is -1.91. The molecule has 0 aliphatic heterocycles. The molecule has 0 aliphatic carbocycles. The summed E-state index contributed by atoms with van der Waals surface area (Å²) in [4.78, 5) is 13.3. The van der Waals surface area contributed by atoms with Gasteiger partial charge in [-0.15, -0.1) is 0 Å². The fourth-order valence-corrected chi connectivity index (χ4v) is 3.66. The number of nitrogens with zero attached hydrogens (tertiary/aromatic N) is 1. The second-order valence-electron chi connectivity index (χ2n) is 4.97. The van der Waals surface area contributed by atoms with Crippen LogP contribution < -0.4 is 0 Å². The lowest BCUT2D eigenvalue weighted by Crippen LogP contribution is -2.09. The fraction of sp³-hybridized carbons (Fsp3) is 0.118. The second-order valence-corrected chi connectivity index (χ2v) is 6.49. The maximum Gasteiger partial charge on any atom is 0.323 e. The summed E-state index contributed by atoms with van der Waals surface area (Å²) >= 11 is 7.55. The molecule has 22 heavy (non-hydrogen) atoms. The van der Waals surface area contributed by atoms with Crippen LogP contribution in [-0.4, -0.2) is 15.6 Å². The highest BCUT2D eigenvalue weighted by Crippen LogP contribution is 2.38. The monoisotopic (exact) mass is 331 g/mol. The van der Waals surface area contributed by atoms with Crippen molar-refractivity contribution in [1.29, 1.82) is 0 Å².